The molecule has 2 aliphatic rings. The third-order valence-corrected chi connectivity index (χ3v) is 6.20. The number of hydrogen-bond donors (Lipinski definition) is 1. The van der Waals surface area contributed by atoms with E-state index >= 15 is 0 Å². The quantitative estimate of drug-likeness (QED) is 0.635. The zero-order chi connectivity index (χ0) is 19.0. The van der Waals surface area contributed by atoms with Gasteiger partial charge in [0.15, 0.2) is 5.13 Å². The van der Waals surface area contributed by atoms with Crippen LogP contribution in [0.5, 0.6) is 0 Å². The Morgan fingerprint density at radius 2 is 1.93 bits per heavy atom. The van der Waals surface area contributed by atoms with Crippen molar-refractivity contribution in [3.05, 3.63) is 35.9 Å². The third-order valence-electron chi connectivity index (χ3n) is 5.27. The van der Waals surface area contributed by atoms with E-state index < -0.39 is 0 Å². The summed E-state index contributed by atoms with van der Waals surface area (Å²) in [5, 5.41) is 3.33. The molecule has 7 heteroatoms. The largest absolute Gasteiger partial charge is 0.302 e. The summed E-state index contributed by atoms with van der Waals surface area (Å²) in [5.74, 6) is -1.02. The molecule has 0 saturated carbocycles. The first-order chi connectivity index (χ1) is 13.1. The van der Waals surface area contributed by atoms with Crippen LogP contribution in [0.15, 0.2) is 30.4 Å². The van der Waals surface area contributed by atoms with E-state index in [1.54, 1.807) is 0 Å². The molecule has 140 valence electrons. The standard InChI is InChI=1S/C20H21N3O3S/c1-2-12-7-8-15-16(11-12)27-20(21-15)22-17(24)9-10-23-18(25)13-5-3-4-6-14(13)19(23)26/h3-4,7-8,11,13-14H,2,5-6,9-10H2,1H3,(H,21,22,24)/t13-,14+. The lowest BCUT2D eigenvalue weighted by Gasteiger charge is -2.14. The fourth-order valence-corrected chi connectivity index (χ4v) is 4.67. The number of fused-ring (bicyclic) bond motifs is 2. The lowest BCUT2D eigenvalue weighted by atomic mass is 9.85. The molecule has 2 aromatic rings. The number of carbonyl (C=O) groups is 3. The van der Waals surface area contributed by atoms with Gasteiger partial charge >= 0.3 is 0 Å². The Kier molecular flexibility index (Phi) is 4.78. The molecule has 0 bridgehead atoms. The molecular formula is C20H21N3O3S. The van der Waals surface area contributed by atoms with E-state index in [0.29, 0.717) is 18.0 Å². The number of nitrogens with zero attached hydrogens (tertiary/aromatic N) is 2. The molecule has 27 heavy (non-hydrogen) atoms. The maximum atomic E-state index is 12.4. The fourth-order valence-electron chi connectivity index (χ4n) is 3.73. The zero-order valence-electron chi connectivity index (χ0n) is 15.1. The number of thiazole rings is 1. The van der Waals surface area contributed by atoms with Gasteiger partial charge in [0.1, 0.15) is 0 Å². The van der Waals surface area contributed by atoms with Crippen LogP contribution in [-0.4, -0.2) is 34.2 Å². The van der Waals surface area contributed by atoms with Crippen LogP contribution in [0, 0.1) is 11.8 Å². The van der Waals surface area contributed by atoms with Gasteiger partial charge in [-0.1, -0.05) is 36.5 Å². The normalized spacial score (nSPS) is 21.7. The van der Waals surface area contributed by atoms with Gasteiger partial charge in [0, 0.05) is 13.0 Å². The van der Waals surface area contributed by atoms with Crippen LogP contribution in [0.4, 0.5) is 5.13 Å². The van der Waals surface area contributed by atoms with E-state index in [4.69, 9.17) is 0 Å². The number of anilines is 1. The van der Waals surface area contributed by atoms with Gasteiger partial charge in [0.2, 0.25) is 17.7 Å². The molecule has 0 spiro atoms. The Hall–Kier alpha value is -2.54. The summed E-state index contributed by atoms with van der Waals surface area (Å²) in [6.07, 6.45) is 6.18. The van der Waals surface area contributed by atoms with Crippen molar-refractivity contribution in [1.82, 2.24) is 9.88 Å². The van der Waals surface area contributed by atoms with Crippen molar-refractivity contribution in [3.63, 3.8) is 0 Å². The second-order valence-corrected chi connectivity index (χ2v) is 7.99. The van der Waals surface area contributed by atoms with Gasteiger partial charge in [-0.15, -0.1) is 0 Å². The number of allylic oxidation sites excluding steroid dienone is 2. The van der Waals surface area contributed by atoms with Crippen LogP contribution in [0.2, 0.25) is 0 Å². The first kappa shape index (κ1) is 17.9. The van der Waals surface area contributed by atoms with E-state index in [9.17, 15) is 14.4 Å². The second kappa shape index (κ2) is 7.23. The van der Waals surface area contributed by atoms with E-state index in [-0.39, 0.29) is 42.5 Å². The number of aromatic nitrogens is 1. The van der Waals surface area contributed by atoms with Crippen molar-refractivity contribution >= 4 is 44.4 Å². The van der Waals surface area contributed by atoms with Crippen molar-refractivity contribution in [2.24, 2.45) is 11.8 Å². The fraction of sp³-hybridized carbons (Fsp3) is 0.400. The van der Waals surface area contributed by atoms with Crippen LogP contribution in [-0.2, 0) is 20.8 Å². The van der Waals surface area contributed by atoms with Crippen molar-refractivity contribution < 1.29 is 14.4 Å². The second-order valence-electron chi connectivity index (χ2n) is 6.96. The summed E-state index contributed by atoms with van der Waals surface area (Å²) < 4.78 is 1.03. The average Bonchev–Trinajstić information content (AvgIpc) is 3.18. The van der Waals surface area contributed by atoms with Gasteiger partial charge in [-0.3, -0.25) is 19.3 Å². The Morgan fingerprint density at radius 1 is 1.22 bits per heavy atom. The number of benzene rings is 1. The third kappa shape index (κ3) is 3.39. The highest BCUT2D eigenvalue weighted by Crippen LogP contribution is 2.35. The van der Waals surface area contributed by atoms with Gasteiger partial charge in [0.25, 0.3) is 0 Å². The highest BCUT2D eigenvalue weighted by atomic mass is 32.1. The molecule has 1 N–H and O–H groups in total. The molecule has 4 rings (SSSR count). The van der Waals surface area contributed by atoms with E-state index in [1.807, 2.05) is 24.3 Å². The molecule has 2 atom stereocenters. The van der Waals surface area contributed by atoms with Crippen LogP contribution < -0.4 is 5.32 Å². The molecule has 0 radical (unpaired) electrons. The minimum absolute atomic E-state index is 0.0838. The average molecular weight is 383 g/mol. The van der Waals surface area contributed by atoms with Gasteiger partial charge in [0.05, 0.1) is 22.1 Å². The summed E-state index contributed by atoms with van der Waals surface area (Å²) in [6, 6.07) is 6.07. The summed E-state index contributed by atoms with van der Waals surface area (Å²) in [4.78, 5) is 42.8. The maximum Gasteiger partial charge on any atom is 0.233 e. The summed E-state index contributed by atoms with van der Waals surface area (Å²) in [5.41, 5.74) is 2.08. The number of nitrogens with one attached hydrogen (secondary N) is 1. The lowest BCUT2D eigenvalue weighted by molar-refractivity contribution is -0.140. The Labute approximate surface area is 161 Å². The number of rotatable bonds is 5. The molecule has 1 aliphatic carbocycles. The van der Waals surface area contributed by atoms with Crippen molar-refractivity contribution in [2.75, 3.05) is 11.9 Å². The van der Waals surface area contributed by atoms with E-state index in [2.05, 4.69) is 23.3 Å². The van der Waals surface area contributed by atoms with Gasteiger partial charge in [-0.05, 0) is 37.0 Å². The van der Waals surface area contributed by atoms with E-state index in [0.717, 1.165) is 16.6 Å². The van der Waals surface area contributed by atoms with Crippen LogP contribution in [0.3, 0.4) is 0 Å². The Balaban J connectivity index is 1.37. The maximum absolute atomic E-state index is 12.4. The smallest absolute Gasteiger partial charge is 0.233 e. The monoisotopic (exact) mass is 383 g/mol. The molecule has 1 aromatic carbocycles. The topological polar surface area (TPSA) is 79.4 Å². The van der Waals surface area contributed by atoms with Crippen LogP contribution in [0.1, 0.15) is 31.7 Å². The molecule has 3 amide bonds. The zero-order valence-corrected chi connectivity index (χ0v) is 15.9. The number of carbonyl (C=O) groups excluding carboxylic acids is 3. The van der Waals surface area contributed by atoms with Crippen molar-refractivity contribution in [2.45, 2.75) is 32.6 Å². The van der Waals surface area contributed by atoms with Crippen LogP contribution >= 0.6 is 11.3 Å². The highest BCUT2D eigenvalue weighted by molar-refractivity contribution is 7.22. The molecule has 1 aromatic heterocycles. The number of aryl methyl sites for hydroxylation is 1. The van der Waals surface area contributed by atoms with Crippen LogP contribution in [0.25, 0.3) is 10.2 Å². The molecule has 0 unspecified atom stereocenters. The summed E-state index contributed by atoms with van der Waals surface area (Å²) >= 11 is 1.43. The number of hydrogen-bond acceptors (Lipinski definition) is 5. The highest BCUT2D eigenvalue weighted by Gasteiger charge is 2.46. The van der Waals surface area contributed by atoms with E-state index in [1.165, 1.54) is 21.8 Å². The number of likely N-dealkylation sites (tertiary alicyclic amines) is 1. The molecular weight excluding hydrogens is 362 g/mol. The predicted octanol–water partition coefficient (Wildman–Crippen LogP) is 3.14. The molecule has 2 heterocycles. The van der Waals surface area contributed by atoms with Gasteiger partial charge in [-0.25, -0.2) is 4.98 Å². The summed E-state index contributed by atoms with van der Waals surface area (Å²) in [6.45, 7) is 2.22. The molecule has 1 fully saturated rings. The minimum atomic E-state index is -0.248. The Bertz CT molecular complexity index is 923. The number of amides is 3. The predicted molar refractivity (Wildman–Crippen MR) is 104 cm³/mol. The van der Waals surface area contributed by atoms with Gasteiger partial charge in [-0.2, -0.15) is 0 Å². The summed E-state index contributed by atoms with van der Waals surface area (Å²) in [7, 11) is 0. The SMILES string of the molecule is CCc1ccc2nc(NC(=O)CCN3C(=O)[C@H]4CC=CC[C@H]4C3=O)sc2c1. The first-order valence-corrected chi connectivity index (χ1v) is 10.1. The van der Waals surface area contributed by atoms with Crippen molar-refractivity contribution in [3.8, 4) is 0 Å². The molecule has 1 saturated heterocycles. The number of imide groups is 1. The van der Waals surface area contributed by atoms with Crippen molar-refractivity contribution in [1.29, 1.82) is 0 Å². The Morgan fingerprint density at radius 3 is 2.59 bits per heavy atom. The lowest BCUT2D eigenvalue weighted by Crippen LogP contribution is -2.34. The minimum Gasteiger partial charge on any atom is -0.302 e. The molecule has 6 nitrogen and oxygen atoms in total. The van der Waals surface area contributed by atoms with Gasteiger partial charge < -0.3 is 5.32 Å². The molecule has 1 aliphatic heterocycles. The first-order valence-electron chi connectivity index (χ1n) is 9.26.